The number of aryl methyl sites for hydroxylation is 1. The third-order valence-corrected chi connectivity index (χ3v) is 2.31. The summed E-state index contributed by atoms with van der Waals surface area (Å²) in [6, 6.07) is 3.86. The molecule has 0 aliphatic heterocycles. The minimum atomic E-state index is -4.47. The summed E-state index contributed by atoms with van der Waals surface area (Å²) in [5, 5.41) is 8.62. The summed E-state index contributed by atoms with van der Waals surface area (Å²) in [7, 11) is 0. The Kier molecular flexibility index (Phi) is 3.25. The third kappa shape index (κ3) is 2.42. The lowest BCUT2D eigenvalue weighted by atomic mass is 10.0. The Hall–Kier alpha value is -1.21. The molecule has 0 radical (unpaired) electrons. The van der Waals surface area contributed by atoms with Gasteiger partial charge in [0.2, 0.25) is 0 Å². The van der Waals surface area contributed by atoms with E-state index in [2.05, 4.69) is 0 Å². The molecule has 0 spiro atoms. The molecule has 15 heavy (non-hydrogen) atoms. The molecule has 0 bridgehead atoms. The summed E-state index contributed by atoms with van der Waals surface area (Å²) < 4.78 is 37.5. The van der Waals surface area contributed by atoms with Gasteiger partial charge in [0.15, 0.2) is 0 Å². The van der Waals surface area contributed by atoms with Crippen molar-refractivity contribution in [2.75, 3.05) is 0 Å². The summed E-state index contributed by atoms with van der Waals surface area (Å²) >= 11 is 5.42. The van der Waals surface area contributed by atoms with Crippen molar-refractivity contribution in [1.82, 2.24) is 0 Å². The van der Waals surface area contributed by atoms with Crippen LogP contribution in [0.25, 0.3) is 0 Å². The summed E-state index contributed by atoms with van der Waals surface area (Å²) in [6.45, 7) is 1.58. The zero-order chi connectivity index (χ0) is 11.6. The van der Waals surface area contributed by atoms with Gasteiger partial charge >= 0.3 is 6.18 Å². The molecule has 1 rings (SSSR count). The monoisotopic (exact) mass is 233 g/mol. The average Bonchev–Trinajstić information content (AvgIpc) is 2.15. The van der Waals surface area contributed by atoms with E-state index < -0.39 is 11.7 Å². The molecule has 0 heterocycles. The van der Waals surface area contributed by atoms with Crippen molar-refractivity contribution < 1.29 is 13.2 Å². The molecule has 1 aromatic rings. The van der Waals surface area contributed by atoms with Crippen LogP contribution in [0, 0.1) is 18.3 Å². The lowest BCUT2D eigenvalue weighted by Crippen LogP contribution is -2.09. The van der Waals surface area contributed by atoms with Crippen molar-refractivity contribution in [3.05, 3.63) is 34.4 Å². The topological polar surface area (TPSA) is 23.8 Å². The molecule has 0 aliphatic carbocycles. The lowest BCUT2D eigenvalue weighted by Gasteiger charge is -2.12. The molecule has 1 nitrogen and oxygen atoms in total. The number of hydrogen-bond donors (Lipinski definition) is 0. The normalized spacial score (nSPS) is 11.2. The van der Waals surface area contributed by atoms with Gasteiger partial charge < -0.3 is 0 Å². The van der Waals surface area contributed by atoms with Crippen molar-refractivity contribution >= 4 is 11.6 Å². The van der Waals surface area contributed by atoms with Gasteiger partial charge in [-0.2, -0.15) is 18.4 Å². The van der Waals surface area contributed by atoms with E-state index in [-0.39, 0.29) is 17.0 Å². The lowest BCUT2D eigenvalue weighted by molar-refractivity contribution is -0.138. The first-order valence-corrected chi connectivity index (χ1v) is 4.60. The number of nitrogens with zero attached hydrogens (tertiary/aromatic N) is 1. The fourth-order valence-electron chi connectivity index (χ4n) is 1.26. The highest BCUT2D eigenvalue weighted by molar-refractivity contribution is 6.17. The molecular weight excluding hydrogens is 227 g/mol. The Morgan fingerprint density at radius 3 is 2.40 bits per heavy atom. The number of nitriles is 1. The minimum absolute atomic E-state index is 0.000617. The second kappa shape index (κ2) is 4.11. The van der Waals surface area contributed by atoms with Gasteiger partial charge in [-0.25, -0.2) is 0 Å². The van der Waals surface area contributed by atoms with Gasteiger partial charge in [-0.1, -0.05) is 6.07 Å². The molecule has 0 aromatic heterocycles. The first-order valence-electron chi connectivity index (χ1n) is 4.07. The van der Waals surface area contributed by atoms with Crippen LogP contribution in [0.4, 0.5) is 13.2 Å². The van der Waals surface area contributed by atoms with Crippen LogP contribution in [0.2, 0.25) is 0 Å². The Bertz CT molecular complexity index is 418. The highest BCUT2D eigenvalue weighted by atomic mass is 35.5. The van der Waals surface area contributed by atoms with Gasteiger partial charge in [0.1, 0.15) is 0 Å². The van der Waals surface area contributed by atoms with E-state index in [1.165, 1.54) is 6.07 Å². The van der Waals surface area contributed by atoms with Crippen LogP contribution in [0.5, 0.6) is 0 Å². The van der Waals surface area contributed by atoms with Crippen LogP contribution >= 0.6 is 11.6 Å². The van der Waals surface area contributed by atoms with Gasteiger partial charge in [-0.3, -0.25) is 0 Å². The Morgan fingerprint density at radius 2 is 2.00 bits per heavy atom. The molecule has 0 saturated heterocycles. The molecule has 0 saturated carbocycles. The second-order valence-electron chi connectivity index (χ2n) is 3.07. The SMILES string of the molecule is Cc1cc(CCl)c(C(F)(F)F)cc1C#N. The number of alkyl halides is 4. The van der Waals surface area contributed by atoms with Gasteiger partial charge in [0.25, 0.3) is 0 Å². The van der Waals surface area contributed by atoms with Crippen LogP contribution in [0.15, 0.2) is 12.1 Å². The molecule has 80 valence electrons. The summed E-state index contributed by atoms with van der Waals surface area (Å²) in [5.41, 5.74) is -0.308. The van der Waals surface area contributed by atoms with E-state index in [0.29, 0.717) is 5.56 Å². The average molecular weight is 234 g/mol. The van der Waals surface area contributed by atoms with Gasteiger partial charge in [0, 0.05) is 5.88 Å². The predicted molar refractivity (Wildman–Crippen MR) is 50.5 cm³/mol. The van der Waals surface area contributed by atoms with Crippen molar-refractivity contribution in [1.29, 1.82) is 5.26 Å². The standard InChI is InChI=1S/C10H7ClF3N/c1-6-2-7(4-11)9(10(12,13)14)3-8(6)5-15/h2-3H,4H2,1H3. The van der Waals surface area contributed by atoms with Crippen molar-refractivity contribution in [2.45, 2.75) is 19.0 Å². The summed E-state index contributed by atoms with van der Waals surface area (Å²) in [4.78, 5) is 0. The molecule has 0 N–H and O–H groups in total. The third-order valence-electron chi connectivity index (χ3n) is 2.02. The number of benzene rings is 1. The van der Waals surface area contributed by atoms with E-state index >= 15 is 0 Å². The Morgan fingerprint density at radius 1 is 1.40 bits per heavy atom. The maximum Gasteiger partial charge on any atom is 0.416 e. The largest absolute Gasteiger partial charge is 0.416 e. The van der Waals surface area contributed by atoms with E-state index in [9.17, 15) is 13.2 Å². The van der Waals surface area contributed by atoms with Crippen LogP contribution in [0.3, 0.4) is 0 Å². The van der Waals surface area contributed by atoms with Gasteiger partial charge in [-0.05, 0) is 24.1 Å². The molecule has 5 heteroatoms. The first-order chi connectivity index (χ1) is 6.90. The van der Waals surface area contributed by atoms with Crippen molar-refractivity contribution in [3.63, 3.8) is 0 Å². The smallest absolute Gasteiger partial charge is 0.192 e. The highest BCUT2D eigenvalue weighted by Gasteiger charge is 2.33. The Labute approximate surface area is 90.1 Å². The van der Waals surface area contributed by atoms with Crippen LogP contribution in [-0.2, 0) is 12.1 Å². The number of halogens is 4. The van der Waals surface area contributed by atoms with Crippen molar-refractivity contribution in [3.8, 4) is 6.07 Å². The van der Waals surface area contributed by atoms with Gasteiger partial charge in [-0.15, -0.1) is 11.6 Å². The predicted octanol–water partition coefficient (Wildman–Crippen LogP) is 3.62. The summed E-state index contributed by atoms with van der Waals surface area (Å²) in [6.07, 6.45) is -4.47. The van der Waals surface area contributed by atoms with Crippen LogP contribution in [0.1, 0.15) is 22.3 Å². The minimum Gasteiger partial charge on any atom is -0.192 e. The maximum atomic E-state index is 12.5. The Balaban J connectivity index is 3.44. The molecule has 1 aromatic carbocycles. The summed E-state index contributed by atoms with van der Waals surface area (Å²) in [5.74, 6) is -0.221. The fraction of sp³-hybridized carbons (Fsp3) is 0.300. The second-order valence-corrected chi connectivity index (χ2v) is 3.33. The van der Waals surface area contributed by atoms with Crippen LogP contribution < -0.4 is 0 Å². The van der Waals surface area contributed by atoms with Gasteiger partial charge in [0.05, 0.1) is 17.2 Å². The molecular formula is C10H7ClF3N. The highest BCUT2D eigenvalue weighted by Crippen LogP contribution is 2.34. The molecule has 0 amide bonds. The fourth-order valence-corrected chi connectivity index (χ4v) is 1.48. The first kappa shape index (κ1) is 11.9. The van der Waals surface area contributed by atoms with E-state index in [0.717, 1.165) is 6.07 Å². The van der Waals surface area contributed by atoms with Crippen LogP contribution in [-0.4, -0.2) is 0 Å². The zero-order valence-electron chi connectivity index (χ0n) is 7.82. The number of rotatable bonds is 1. The number of hydrogen-bond acceptors (Lipinski definition) is 1. The van der Waals surface area contributed by atoms with E-state index in [4.69, 9.17) is 16.9 Å². The zero-order valence-corrected chi connectivity index (χ0v) is 8.58. The molecule has 0 fully saturated rings. The van der Waals surface area contributed by atoms with Crippen molar-refractivity contribution in [2.24, 2.45) is 0 Å². The molecule has 0 unspecified atom stereocenters. The van der Waals surface area contributed by atoms with E-state index in [1.54, 1.807) is 13.0 Å². The quantitative estimate of drug-likeness (QED) is 0.680. The molecule has 0 atom stereocenters. The molecule has 0 aliphatic rings. The maximum absolute atomic E-state index is 12.5. The van der Waals surface area contributed by atoms with E-state index in [1.807, 2.05) is 0 Å².